The van der Waals surface area contributed by atoms with Crippen molar-refractivity contribution in [3.63, 3.8) is 0 Å². The number of aryl methyl sites for hydroxylation is 1. The Balaban J connectivity index is 1.80. The third kappa shape index (κ3) is 5.03. The van der Waals surface area contributed by atoms with E-state index in [1.54, 1.807) is 4.90 Å². The predicted molar refractivity (Wildman–Crippen MR) is 90.1 cm³/mol. The van der Waals surface area contributed by atoms with Gasteiger partial charge in [-0.2, -0.15) is 0 Å². The molecule has 1 fully saturated rings. The second-order valence-electron chi connectivity index (χ2n) is 6.37. The zero-order valence-electron chi connectivity index (χ0n) is 13.9. The van der Waals surface area contributed by atoms with Crippen molar-refractivity contribution in [1.29, 1.82) is 0 Å². The molecule has 0 radical (unpaired) electrons. The van der Waals surface area contributed by atoms with Gasteiger partial charge in [-0.15, -0.1) is 0 Å². The molecule has 0 unspecified atom stereocenters. The average molecular weight is 320 g/mol. The molecule has 1 amide bonds. The van der Waals surface area contributed by atoms with Crippen LogP contribution in [0, 0.1) is 0 Å². The third-order valence-corrected chi connectivity index (χ3v) is 4.51. The Morgan fingerprint density at radius 3 is 2.78 bits per heavy atom. The molecule has 1 aromatic carbocycles. The number of hydrogen-bond acceptors (Lipinski definition) is 4. The van der Waals surface area contributed by atoms with E-state index < -0.39 is 11.7 Å². The average Bonchev–Trinajstić information content (AvgIpc) is 2.56. The largest absolute Gasteiger partial charge is 0.388 e. The van der Waals surface area contributed by atoms with Gasteiger partial charge < -0.3 is 20.4 Å². The summed E-state index contributed by atoms with van der Waals surface area (Å²) in [5.74, 6) is 0.0384. The maximum atomic E-state index is 12.3. The molecule has 1 aromatic rings. The van der Waals surface area contributed by atoms with Crippen LogP contribution >= 0.6 is 0 Å². The molecule has 1 aliphatic rings. The van der Waals surface area contributed by atoms with E-state index in [-0.39, 0.29) is 12.5 Å². The summed E-state index contributed by atoms with van der Waals surface area (Å²) in [6, 6.07) is 9.91. The number of nitrogens with one attached hydrogen (secondary N) is 1. The number of aliphatic hydroxyl groups is 2. The SMILES string of the molecule is CCCNC[C@@]1(O)CCN(C(=O)CCc2ccccc2)C[C@@H]1O. The summed E-state index contributed by atoms with van der Waals surface area (Å²) in [5.41, 5.74) is 0.00411. The van der Waals surface area contributed by atoms with E-state index in [1.165, 1.54) is 0 Å². The van der Waals surface area contributed by atoms with Gasteiger partial charge in [0, 0.05) is 26.1 Å². The van der Waals surface area contributed by atoms with Gasteiger partial charge in [0.1, 0.15) is 11.7 Å². The van der Waals surface area contributed by atoms with E-state index in [1.807, 2.05) is 30.3 Å². The lowest BCUT2D eigenvalue weighted by atomic mass is 9.88. The monoisotopic (exact) mass is 320 g/mol. The van der Waals surface area contributed by atoms with Crippen molar-refractivity contribution in [3.05, 3.63) is 35.9 Å². The number of piperidine rings is 1. The topological polar surface area (TPSA) is 72.8 Å². The second-order valence-corrected chi connectivity index (χ2v) is 6.37. The summed E-state index contributed by atoms with van der Waals surface area (Å²) in [5, 5.41) is 23.9. The number of benzene rings is 1. The highest BCUT2D eigenvalue weighted by Crippen LogP contribution is 2.23. The van der Waals surface area contributed by atoms with Crippen LogP contribution in [0.3, 0.4) is 0 Å². The molecule has 2 rings (SSSR count). The van der Waals surface area contributed by atoms with E-state index >= 15 is 0 Å². The molecule has 5 nitrogen and oxygen atoms in total. The highest BCUT2D eigenvalue weighted by molar-refractivity contribution is 5.76. The Kier molecular flexibility index (Phi) is 6.57. The minimum Gasteiger partial charge on any atom is -0.388 e. The van der Waals surface area contributed by atoms with Crippen molar-refractivity contribution >= 4 is 5.91 Å². The molecule has 1 saturated heterocycles. The first kappa shape index (κ1) is 17.9. The molecule has 5 heteroatoms. The number of nitrogens with zero attached hydrogens (tertiary/aromatic N) is 1. The van der Waals surface area contributed by atoms with Crippen LogP contribution in [0.4, 0.5) is 0 Å². The van der Waals surface area contributed by atoms with E-state index in [0.717, 1.165) is 18.5 Å². The van der Waals surface area contributed by atoms with Gasteiger partial charge in [-0.05, 0) is 31.4 Å². The van der Waals surface area contributed by atoms with Crippen molar-refractivity contribution in [3.8, 4) is 0 Å². The van der Waals surface area contributed by atoms with Gasteiger partial charge in [0.05, 0.1) is 0 Å². The van der Waals surface area contributed by atoms with Gasteiger partial charge in [0.25, 0.3) is 0 Å². The summed E-state index contributed by atoms with van der Waals surface area (Å²) in [4.78, 5) is 14.0. The second kappa shape index (κ2) is 8.43. The van der Waals surface area contributed by atoms with Gasteiger partial charge >= 0.3 is 0 Å². The maximum Gasteiger partial charge on any atom is 0.222 e. The fourth-order valence-electron chi connectivity index (χ4n) is 2.93. The molecule has 0 aromatic heterocycles. The Hall–Kier alpha value is -1.43. The molecule has 3 N–H and O–H groups in total. The highest BCUT2D eigenvalue weighted by Gasteiger charge is 2.41. The molecule has 0 bridgehead atoms. The Bertz CT molecular complexity index is 494. The normalized spacial score (nSPS) is 24.7. The Morgan fingerprint density at radius 1 is 1.39 bits per heavy atom. The van der Waals surface area contributed by atoms with Crippen molar-refractivity contribution < 1.29 is 15.0 Å². The minimum absolute atomic E-state index is 0.0384. The number of hydrogen-bond donors (Lipinski definition) is 3. The van der Waals surface area contributed by atoms with Crippen molar-refractivity contribution in [2.75, 3.05) is 26.2 Å². The molecule has 2 atom stereocenters. The number of carbonyl (C=O) groups excluding carboxylic acids is 1. The lowest BCUT2D eigenvalue weighted by Crippen LogP contribution is -2.60. The lowest BCUT2D eigenvalue weighted by molar-refractivity contribution is -0.148. The number of rotatable bonds is 7. The molecular weight excluding hydrogens is 292 g/mol. The summed E-state index contributed by atoms with van der Waals surface area (Å²) in [6.07, 6.45) is 1.62. The Morgan fingerprint density at radius 2 is 2.13 bits per heavy atom. The van der Waals surface area contributed by atoms with Crippen molar-refractivity contribution in [1.82, 2.24) is 10.2 Å². The van der Waals surface area contributed by atoms with Crippen LogP contribution in [0.1, 0.15) is 31.7 Å². The first-order valence-corrected chi connectivity index (χ1v) is 8.48. The number of carbonyl (C=O) groups is 1. The van der Waals surface area contributed by atoms with Crippen LogP contribution in [-0.2, 0) is 11.2 Å². The molecule has 23 heavy (non-hydrogen) atoms. The summed E-state index contributed by atoms with van der Waals surface area (Å²) >= 11 is 0. The van der Waals surface area contributed by atoms with Gasteiger partial charge in [-0.1, -0.05) is 37.3 Å². The van der Waals surface area contributed by atoms with Crippen molar-refractivity contribution in [2.45, 2.75) is 44.3 Å². The van der Waals surface area contributed by atoms with E-state index in [4.69, 9.17) is 0 Å². The molecule has 0 spiro atoms. The Labute approximate surface area is 138 Å². The first-order valence-electron chi connectivity index (χ1n) is 8.48. The van der Waals surface area contributed by atoms with Crippen LogP contribution in [-0.4, -0.2) is 58.9 Å². The number of amides is 1. The summed E-state index contributed by atoms with van der Waals surface area (Å²) in [6.45, 7) is 3.94. The smallest absolute Gasteiger partial charge is 0.222 e. The van der Waals surface area contributed by atoms with Gasteiger partial charge in [-0.25, -0.2) is 0 Å². The van der Waals surface area contributed by atoms with Gasteiger partial charge in [0.15, 0.2) is 0 Å². The van der Waals surface area contributed by atoms with E-state index in [9.17, 15) is 15.0 Å². The van der Waals surface area contributed by atoms with E-state index in [0.29, 0.717) is 32.4 Å². The fraction of sp³-hybridized carbons (Fsp3) is 0.611. The zero-order chi connectivity index (χ0) is 16.7. The van der Waals surface area contributed by atoms with Crippen LogP contribution in [0.5, 0.6) is 0 Å². The maximum absolute atomic E-state index is 12.3. The van der Waals surface area contributed by atoms with Crippen LogP contribution < -0.4 is 5.32 Å². The van der Waals surface area contributed by atoms with Crippen LogP contribution in [0.15, 0.2) is 30.3 Å². The minimum atomic E-state index is -1.13. The lowest BCUT2D eigenvalue weighted by Gasteiger charge is -2.42. The third-order valence-electron chi connectivity index (χ3n) is 4.51. The first-order chi connectivity index (χ1) is 11.0. The quantitative estimate of drug-likeness (QED) is 0.654. The zero-order valence-corrected chi connectivity index (χ0v) is 13.9. The number of aliphatic hydroxyl groups excluding tert-OH is 1. The molecular formula is C18H28N2O3. The van der Waals surface area contributed by atoms with Gasteiger partial charge in [-0.3, -0.25) is 4.79 Å². The molecule has 1 aliphatic heterocycles. The van der Waals surface area contributed by atoms with Crippen molar-refractivity contribution in [2.24, 2.45) is 0 Å². The molecule has 0 aliphatic carbocycles. The van der Waals surface area contributed by atoms with E-state index in [2.05, 4.69) is 12.2 Å². The number of β-amino-alcohol motifs (C(OH)–C–C–N with tert-alkyl or cyclic N) is 1. The van der Waals surface area contributed by atoms with Crippen LogP contribution in [0.25, 0.3) is 0 Å². The van der Waals surface area contributed by atoms with Gasteiger partial charge in [0.2, 0.25) is 5.91 Å². The van der Waals surface area contributed by atoms with Crippen LogP contribution in [0.2, 0.25) is 0 Å². The molecule has 128 valence electrons. The summed E-state index contributed by atoms with van der Waals surface area (Å²) < 4.78 is 0. The highest BCUT2D eigenvalue weighted by atomic mass is 16.3. The summed E-state index contributed by atoms with van der Waals surface area (Å²) in [7, 11) is 0. The molecule has 0 saturated carbocycles. The predicted octanol–water partition coefficient (Wildman–Crippen LogP) is 0.943. The fourth-order valence-corrected chi connectivity index (χ4v) is 2.93. The molecule has 1 heterocycles. The standard InChI is InChI=1S/C18H28N2O3/c1-2-11-19-14-18(23)10-12-20(13-16(18)21)17(22)9-8-15-6-4-3-5-7-15/h3-7,16,19,21,23H,2,8-14H2,1H3/t16-,18-/m0/s1. The number of likely N-dealkylation sites (tertiary alicyclic amines) is 1.